The van der Waals surface area contributed by atoms with Crippen LogP contribution in [0.3, 0.4) is 0 Å². The van der Waals surface area contributed by atoms with Crippen molar-refractivity contribution in [2.45, 2.75) is 45.1 Å². The third-order valence-corrected chi connectivity index (χ3v) is 6.39. The maximum atomic E-state index is 13.0. The first-order chi connectivity index (χ1) is 15.5. The first kappa shape index (κ1) is 22.0. The van der Waals surface area contributed by atoms with E-state index in [1.54, 1.807) is 14.0 Å². The summed E-state index contributed by atoms with van der Waals surface area (Å²) in [6.45, 7) is 4.23. The van der Waals surface area contributed by atoms with Crippen LogP contribution in [0, 0.1) is 0 Å². The second kappa shape index (κ2) is 9.54. The van der Waals surface area contributed by atoms with Crippen LogP contribution < -0.4 is 10.1 Å². The van der Waals surface area contributed by atoms with E-state index >= 15 is 0 Å². The van der Waals surface area contributed by atoms with E-state index in [9.17, 15) is 9.59 Å². The number of rotatable bonds is 5. The minimum Gasteiger partial charge on any atom is -0.497 e. The van der Waals surface area contributed by atoms with Crippen LogP contribution in [0.4, 0.5) is 5.82 Å². The van der Waals surface area contributed by atoms with Gasteiger partial charge in [0.25, 0.3) is 0 Å². The van der Waals surface area contributed by atoms with Gasteiger partial charge in [0.15, 0.2) is 0 Å². The molecule has 1 aromatic heterocycles. The van der Waals surface area contributed by atoms with Crippen LogP contribution in [0.15, 0.2) is 24.3 Å². The van der Waals surface area contributed by atoms with Gasteiger partial charge in [0, 0.05) is 51.5 Å². The van der Waals surface area contributed by atoms with Crippen molar-refractivity contribution in [3.8, 4) is 5.75 Å². The number of ether oxygens (including phenoxy) is 1. The molecular weight excluding hydrogens is 406 g/mol. The van der Waals surface area contributed by atoms with Crippen molar-refractivity contribution in [1.82, 2.24) is 19.8 Å². The van der Waals surface area contributed by atoms with Gasteiger partial charge >= 0.3 is 0 Å². The Morgan fingerprint density at radius 3 is 2.81 bits per heavy atom. The highest BCUT2D eigenvalue weighted by Gasteiger charge is 2.29. The van der Waals surface area contributed by atoms with E-state index in [4.69, 9.17) is 14.7 Å². The highest BCUT2D eigenvalue weighted by molar-refractivity contribution is 5.79. The molecule has 0 saturated carbocycles. The Kier molecular flexibility index (Phi) is 6.58. The van der Waals surface area contributed by atoms with Gasteiger partial charge in [-0.15, -0.1) is 0 Å². The summed E-state index contributed by atoms with van der Waals surface area (Å²) in [4.78, 5) is 38.3. The lowest BCUT2D eigenvalue weighted by molar-refractivity contribution is -0.131. The molecule has 0 spiro atoms. The summed E-state index contributed by atoms with van der Waals surface area (Å²) in [6, 6.07) is 7.63. The van der Waals surface area contributed by atoms with Gasteiger partial charge in [-0.05, 0) is 30.5 Å². The van der Waals surface area contributed by atoms with Gasteiger partial charge < -0.3 is 19.9 Å². The van der Waals surface area contributed by atoms with E-state index in [0.29, 0.717) is 32.5 Å². The number of nitrogens with one attached hydrogen (secondary N) is 1. The number of methoxy groups -OCH3 is 1. The van der Waals surface area contributed by atoms with Gasteiger partial charge in [0.1, 0.15) is 17.4 Å². The van der Waals surface area contributed by atoms with Crippen LogP contribution in [0.2, 0.25) is 0 Å². The molecule has 1 fully saturated rings. The summed E-state index contributed by atoms with van der Waals surface area (Å²) in [7, 11) is 3.48. The average Bonchev–Trinajstić information content (AvgIpc) is 2.83. The summed E-state index contributed by atoms with van der Waals surface area (Å²) in [5.41, 5.74) is 2.93. The second-order valence-electron chi connectivity index (χ2n) is 8.50. The number of amides is 2. The molecule has 1 saturated heterocycles. The number of likely N-dealkylation sites (tertiary alicyclic amines) is 1. The summed E-state index contributed by atoms with van der Waals surface area (Å²) < 4.78 is 5.27. The number of aromatic nitrogens is 2. The topological polar surface area (TPSA) is 87.7 Å². The zero-order valence-corrected chi connectivity index (χ0v) is 19.1. The van der Waals surface area contributed by atoms with Gasteiger partial charge in [-0.3, -0.25) is 9.59 Å². The minimum atomic E-state index is 0.0828. The van der Waals surface area contributed by atoms with E-state index in [1.807, 2.05) is 41.1 Å². The SMILES string of the molecule is CNc1nc(C2CCCN(C(C)=O)C2)nc2c1CN(C(=O)Cc1cccc(OC)c1)CC2. The number of nitrogens with zero attached hydrogens (tertiary/aromatic N) is 4. The van der Waals surface area contributed by atoms with Gasteiger partial charge in [-0.2, -0.15) is 0 Å². The zero-order valence-electron chi connectivity index (χ0n) is 19.1. The Bertz CT molecular complexity index is 992. The fourth-order valence-corrected chi connectivity index (χ4v) is 4.58. The largest absolute Gasteiger partial charge is 0.497 e. The lowest BCUT2D eigenvalue weighted by Gasteiger charge is -2.33. The van der Waals surface area contributed by atoms with E-state index in [0.717, 1.165) is 53.6 Å². The highest BCUT2D eigenvalue weighted by Crippen LogP contribution is 2.30. The molecular formula is C24H31N5O3. The first-order valence-electron chi connectivity index (χ1n) is 11.2. The molecule has 2 aliphatic heterocycles. The molecule has 2 aromatic rings. The monoisotopic (exact) mass is 437 g/mol. The summed E-state index contributed by atoms with van der Waals surface area (Å²) >= 11 is 0. The van der Waals surface area contributed by atoms with Gasteiger partial charge in [0.2, 0.25) is 11.8 Å². The van der Waals surface area contributed by atoms with Crippen LogP contribution in [0.25, 0.3) is 0 Å². The third-order valence-electron chi connectivity index (χ3n) is 6.39. The Morgan fingerprint density at radius 2 is 2.06 bits per heavy atom. The Labute approximate surface area is 189 Å². The molecule has 32 heavy (non-hydrogen) atoms. The molecule has 8 heteroatoms. The molecule has 0 radical (unpaired) electrons. The predicted molar refractivity (Wildman–Crippen MR) is 122 cm³/mol. The van der Waals surface area contributed by atoms with E-state index < -0.39 is 0 Å². The number of anilines is 1. The smallest absolute Gasteiger partial charge is 0.227 e. The Morgan fingerprint density at radius 1 is 1.22 bits per heavy atom. The van der Waals surface area contributed by atoms with Gasteiger partial charge in [-0.25, -0.2) is 9.97 Å². The number of piperidine rings is 1. The average molecular weight is 438 g/mol. The van der Waals surface area contributed by atoms with Crippen LogP contribution in [0.5, 0.6) is 5.75 Å². The van der Waals surface area contributed by atoms with Crippen LogP contribution >= 0.6 is 0 Å². The van der Waals surface area contributed by atoms with E-state index in [2.05, 4.69) is 5.32 Å². The molecule has 2 amide bonds. The number of hydrogen-bond acceptors (Lipinski definition) is 6. The van der Waals surface area contributed by atoms with E-state index in [1.165, 1.54) is 0 Å². The molecule has 4 rings (SSSR count). The normalized spacial score (nSPS) is 18.2. The predicted octanol–water partition coefficient (Wildman–Crippen LogP) is 2.38. The minimum absolute atomic E-state index is 0.0828. The molecule has 1 unspecified atom stereocenters. The van der Waals surface area contributed by atoms with Crippen LogP contribution in [-0.2, 0) is 29.0 Å². The standard InChI is InChI=1S/C24H31N5O3/c1-16(30)28-10-5-7-18(14-28)23-26-21-9-11-29(15-20(21)24(25-2)27-23)22(31)13-17-6-4-8-19(12-17)32-3/h4,6,8,12,18H,5,7,9-11,13-15H2,1-3H3,(H,25,26,27). The summed E-state index contributed by atoms with van der Waals surface area (Å²) in [6.07, 6.45) is 2.98. The number of carbonyl (C=O) groups is 2. The van der Waals surface area contributed by atoms with Crippen molar-refractivity contribution >= 4 is 17.6 Å². The molecule has 1 aromatic carbocycles. The molecule has 170 valence electrons. The highest BCUT2D eigenvalue weighted by atomic mass is 16.5. The molecule has 1 atom stereocenters. The third kappa shape index (κ3) is 4.69. The maximum Gasteiger partial charge on any atom is 0.227 e. The number of hydrogen-bond donors (Lipinski definition) is 1. The fourth-order valence-electron chi connectivity index (χ4n) is 4.58. The summed E-state index contributed by atoms with van der Waals surface area (Å²) in [5.74, 6) is 2.67. The van der Waals surface area contributed by atoms with Crippen molar-refractivity contribution < 1.29 is 14.3 Å². The zero-order chi connectivity index (χ0) is 22.7. The molecule has 1 N–H and O–H groups in total. The first-order valence-corrected chi connectivity index (χ1v) is 11.2. The van der Waals surface area contributed by atoms with Crippen molar-refractivity contribution in [1.29, 1.82) is 0 Å². The molecule has 3 heterocycles. The molecule has 8 nitrogen and oxygen atoms in total. The quantitative estimate of drug-likeness (QED) is 0.773. The molecule has 2 aliphatic rings. The van der Waals surface area contributed by atoms with Gasteiger partial charge in [0.05, 0.1) is 25.8 Å². The van der Waals surface area contributed by atoms with Crippen molar-refractivity contribution in [3.63, 3.8) is 0 Å². The molecule has 0 aliphatic carbocycles. The lowest BCUT2D eigenvalue weighted by atomic mass is 9.96. The molecule has 0 bridgehead atoms. The Hall–Kier alpha value is -3.16. The number of fused-ring (bicyclic) bond motifs is 1. The van der Waals surface area contributed by atoms with E-state index in [-0.39, 0.29) is 17.7 Å². The fraction of sp³-hybridized carbons (Fsp3) is 0.500. The van der Waals surface area contributed by atoms with Crippen molar-refractivity contribution in [2.24, 2.45) is 0 Å². The number of carbonyl (C=O) groups excluding carboxylic acids is 2. The lowest BCUT2D eigenvalue weighted by Crippen LogP contribution is -2.39. The van der Waals surface area contributed by atoms with Crippen molar-refractivity contribution in [2.75, 3.05) is 39.1 Å². The summed E-state index contributed by atoms with van der Waals surface area (Å²) in [5, 5.41) is 3.21. The number of benzene rings is 1. The Balaban J connectivity index is 1.50. The maximum absolute atomic E-state index is 13.0. The van der Waals surface area contributed by atoms with Crippen LogP contribution in [0.1, 0.15) is 48.3 Å². The van der Waals surface area contributed by atoms with Crippen LogP contribution in [-0.4, -0.2) is 65.4 Å². The second-order valence-corrected chi connectivity index (χ2v) is 8.50. The van der Waals surface area contributed by atoms with Crippen molar-refractivity contribution in [3.05, 3.63) is 46.9 Å². The van der Waals surface area contributed by atoms with Gasteiger partial charge in [-0.1, -0.05) is 12.1 Å².